The van der Waals surface area contributed by atoms with Gasteiger partial charge in [0.05, 0.1) is 6.54 Å². The predicted octanol–water partition coefficient (Wildman–Crippen LogP) is 2.77. The van der Waals surface area contributed by atoms with Gasteiger partial charge in [0, 0.05) is 34.1 Å². The minimum atomic E-state index is -0.103. The van der Waals surface area contributed by atoms with E-state index in [1.54, 1.807) is 40.5 Å². The van der Waals surface area contributed by atoms with E-state index in [1.807, 2.05) is 0 Å². The van der Waals surface area contributed by atoms with Gasteiger partial charge < -0.3 is 10.6 Å². The highest BCUT2D eigenvalue weighted by atomic mass is 32.1. The third-order valence-electron chi connectivity index (χ3n) is 3.79. The van der Waals surface area contributed by atoms with Crippen LogP contribution in [0.5, 0.6) is 0 Å². The van der Waals surface area contributed by atoms with Crippen molar-refractivity contribution in [3.63, 3.8) is 0 Å². The second-order valence-electron chi connectivity index (χ2n) is 5.33. The Bertz CT molecular complexity index is 709. The summed E-state index contributed by atoms with van der Waals surface area (Å²) in [7, 11) is 0. The Labute approximate surface area is 139 Å². The first-order chi connectivity index (χ1) is 11.2. The fraction of sp³-hybridized carbons (Fsp3) is 0.294. The Hall–Kier alpha value is -2.34. The Morgan fingerprint density at radius 2 is 1.96 bits per heavy atom. The van der Waals surface area contributed by atoms with Crippen LogP contribution >= 0.6 is 11.3 Å². The molecule has 2 aromatic rings. The Kier molecular flexibility index (Phi) is 4.62. The molecule has 23 heavy (non-hydrogen) atoms. The smallest absolute Gasteiger partial charge is 0.321 e. The molecule has 2 N–H and O–H groups in total. The van der Waals surface area contributed by atoms with Gasteiger partial charge in [-0.2, -0.15) is 0 Å². The number of carbonyl (C=O) groups is 2. The van der Waals surface area contributed by atoms with Gasteiger partial charge in [0.2, 0.25) is 0 Å². The number of nitrogens with one attached hydrogen (secondary N) is 2. The summed E-state index contributed by atoms with van der Waals surface area (Å²) < 4.78 is 0. The summed E-state index contributed by atoms with van der Waals surface area (Å²) in [5.74, 6) is -0.103. The van der Waals surface area contributed by atoms with Crippen LogP contribution in [0.4, 0.5) is 10.5 Å². The molecule has 0 bridgehead atoms. The molecule has 0 saturated carbocycles. The van der Waals surface area contributed by atoms with Crippen LogP contribution in [0.3, 0.4) is 0 Å². The maximum Gasteiger partial charge on any atom is 0.321 e. The van der Waals surface area contributed by atoms with Gasteiger partial charge in [-0.25, -0.2) is 4.79 Å². The number of aryl methyl sites for hydroxylation is 1. The van der Waals surface area contributed by atoms with Crippen molar-refractivity contribution in [2.24, 2.45) is 0 Å². The van der Waals surface area contributed by atoms with E-state index in [9.17, 15) is 9.59 Å². The highest BCUT2D eigenvalue weighted by Crippen LogP contribution is 2.18. The van der Waals surface area contributed by atoms with Gasteiger partial charge in [-0.3, -0.25) is 9.69 Å². The van der Waals surface area contributed by atoms with Gasteiger partial charge in [-0.1, -0.05) is 6.92 Å². The lowest BCUT2D eigenvalue weighted by molar-refractivity contribution is 0.0951. The Morgan fingerprint density at radius 1 is 1.22 bits per heavy atom. The van der Waals surface area contributed by atoms with Crippen LogP contribution in [0.15, 0.2) is 36.4 Å². The van der Waals surface area contributed by atoms with Crippen molar-refractivity contribution in [2.75, 3.05) is 18.0 Å². The van der Waals surface area contributed by atoms with Crippen molar-refractivity contribution < 1.29 is 9.59 Å². The zero-order valence-corrected chi connectivity index (χ0v) is 13.8. The average molecular weight is 329 g/mol. The number of amides is 3. The lowest BCUT2D eigenvalue weighted by atomic mass is 10.2. The molecule has 120 valence electrons. The van der Waals surface area contributed by atoms with E-state index in [2.05, 4.69) is 29.7 Å². The molecule has 1 aliphatic heterocycles. The Morgan fingerprint density at radius 3 is 2.57 bits per heavy atom. The predicted molar refractivity (Wildman–Crippen MR) is 92.1 cm³/mol. The van der Waals surface area contributed by atoms with Crippen molar-refractivity contribution in [3.05, 3.63) is 51.7 Å². The second-order valence-corrected chi connectivity index (χ2v) is 6.59. The van der Waals surface area contributed by atoms with Crippen LogP contribution in [0.1, 0.15) is 27.0 Å². The van der Waals surface area contributed by atoms with Gasteiger partial charge in [-0.15, -0.1) is 11.3 Å². The monoisotopic (exact) mass is 329 g/mol. The van der Waals surface area contributed by atoms with E-state index in [4.69, 9.17) is 0 Å². The molecule has 1 fully saturated rings. The number of thiophene rings is 1. The van der Waals surface area contributed by atoms with E-state index in [0.29, 0.717) is 25.2 Å². The van der Waals surface area contributed by atoms with E-state index in [-0.39, 0.29) is 11.9 Å². The van der Waals surface area contributed by atoms with Crippen LogP contribution in [0.25, 0.3) is 0 Å². The third kappa shape index (κ3) is 3.53. The molecule has 1 aromatic carbocycles. The number of urea groups is 1. The molecule has 0 atom stereocenters. The fourth-order valence-electron chi connectivity index (χ4n) is 2.49. The lowest BCUT2D eigenvalue weighted by Crippen LogP contribution is -2.27. The van der Waals surface area contributed by atoms with E-state index < -0.39 is 0 Å². The largest absolute Gasteiger partial charge is 0.347 e. The van der Waals surface area contributed by atoms with Gasteiger partial charge >= 0.3 is 6.03 Å². The maximum atomic E-state index is 12.2. The quantitative estimate of drug-likeness (QED) is 0.886. The van der Waals surface area contributed by atoms with Gasteiger partial charge in [0.25, 0.3) is 5.91 Å². The molecule has 1 saturated heterocycles. The molecular formula is C17H19N3O2S. The van der Waals surface area contributed by atoms with Crippen LogP contribution in [-0.2, 0) is 13.0 Å². The van der Waals surface area contributed by atoms with Crippen molar-refractivity contribution >= 4 is 29.0 Å². The number of rotatable bonds is 5. The number of carbonyl (C=O) groups excluding carboxylic acids is 2. The summed E-state index contributed by atoms with van der Waals surface area (Å²) in [6.45, 7) is 3.97. The van der Waals surface area contributed by atoms with Gasteiger partial charge in [-0.05, 0) is 42.8 Å². The van der Waals surface area contributed by atoms with E-state index >= 15 is 0 Å². The molecule has 0 aliphatic carbocycles. The number of nitrogens with zero attached hydrogens (tertiary/aromatic N) is 1. The summed E-state index contributed by atoms with van der Waals surface area (Å²) in [5, 5.41) is 5.69. The normalized spacial score (nSPS) is 14.0. The third-order valence-corrected chi connectivity index (χ3v) is 5.02. The van der Waals surface area contributed by atoms with Gasteiger partial charge in [0.15, 0.2) is 0 Å². The molecule has 0 radical (unpaired) electrons. The number of hydrogen-bond acceptors (Lipinski definition) is 3. The van der Waals surface area contributed by atoms with Crippen molar-refractivity contribution in [2.45, 2.75) is 19.9 Å². The standard InChI is InChI=1S/C17H19N3O2S/c1-2-14-7-8-15(23-14)11-19-16(21)12-3-5-13(6-4-12)20-10-9-18-17(20)22/h3-8H,2,9-11H2,1H3,(H,18,22)(H,19,21). The van der Waals surface area contributed by atoms with Crippen LogP contribution in [0, 0.1) is 0 Å². The molecule has 5 nitrogen and oxygen atoms in total. The summed E-state index contributed by atoms with van der Waals surface area (Å²) in [5.41, 5.74) is 1.41. The SMILES string of the molecule is CCc1ccc(CNC(=O)c2ccc(N3CCNC3=O)cc2)s1. The Balaban J connectivity index is 1.60. The first kappa shape index (κ1) is 15.6. The van der Waals surface area contributed by atoms with Crippen LogP contribution in [0.2, 0.25) is 0 Å². The molecule has 2 heterocycles. The number of anilines is 1. The summed E-state index contributed by atoms with van der Waals surface area (Å²) in [6.07, 6.45) is 1.02. The zero-order valence-electron chi connectivity index (χ0n) is 13.0. The van der Waals surface area contributed by atoms with Gasteiger partial charge in [0.1, 0.15) is 0 Å². The van der Waals surface area contributed by atoms with Crippen molar-refractivity contribution in [1.29, 1.82) is 0 Å². The molecule has 1 aromatic heterocycles. The van der Waals surface area contributed by atoms with E-state index in [1.165, 1.54) is 4.88 Å². The number of benzene rings is 1. The maximum absolute atomic E-state index is 12.2. The molecular weight excluding hydrogens is 310 g/mol. The lowest BCUT2D eigenvalue weighted by Gasteiger charge is -2.14. The van der Waals surface area contributed by atoms with E-state index in [0.717, 1.165) is 17.0 Å². The highest BCUT2D eigenvalue weighted by Gasteiger charge is 2.21. The molecule has 3 rings (SSSR count). The van der Waals surface area contributed by atoms with Crippen LogP contribution in [-0.4, -0.2) is 25.0 Å². The minimum absolute atomic E-state index is 0.0911. The molecule has 0 unspecified atom stereocenters. The summed E-state index contributed by atoms with van der Waals surface area (Å²) in [6, 6.07) is 11.2. The topological polar surface area (TPSA) is 61.4 Å². The summed E-state index contributed by atoms with van der Waals surface area (Å²) >= 11 is 1.72. The minimum Gasteiger partial charge on any atom is -0.347 e. The molecule has 6 heteroatoms. The summed E-state index contributed by atoms with van der Waals surface area (Å²) in [4.78, 5) is 27.9. The highest BCUT2D eigenvalue weighted by molar-refractivity contribution is 7.11. The first-order valence-corrected chi connectivity index (χ1v) is 8.50. The van der Waals surface area contributed by atoms with Crippen LogP contribution < -0.4 is 15.5 Å². The zero-order chi connectivity index (χ0) is 16.2. The second kappa shape index (κ2) is 6.83. The molecule has 1 aliphatic rings. The number of hydrogen-bond donors (Lipinski definition) is 2. The fourth-order valence-corrected chi connectivity index (χ4v) is 3.39. The molecule has 0 spiro atoms. The average Bonchev–Trinajstić information content (AvgIpc) is 3.21. The molecule has 3 amide bonds. The van der Waals surface area contributed by atoms with Crippen molar-refractivity contribution in [1.82, 2.24) is 10.6 Å². The van der Waals surface area contributed by atoms with Crippen molar-refractivity contribution in [3.8, 4) is 0 Å². The first-order valence-electron chi connectivity index (χ1n) is 7.68.